The summed E-state index contributed by atoms with van der Waals surface area (Å²) in [5.41, 5.74) is 0.0886. The van der Waals surface area contributed by atoms with Crippen molar-refractivity contribution in [2.75, 3.05) is 13.1 Å². The van der Waals surface area contributed by atoms with Crippen molar-refractivity contribution in [2.45, 2.75) is 44.7 Å². The second-order valence-electron chi connectivity index (χ2n) is 8.01. The van der Waals surface area contributed by atoms with E-state index in [0.717, 1.165) is 51.0 Å². The van der Waals surface area contributed by atoms with Crippen molar-refractivity contribution in [1.29, 1.82) is 0 Å². The van der Waals surface area contributed by atoms with Crippen LogP contribution >= 0.6 is 0 Å². The lowest BCUT2D eigenvalue weighted by Crippen LogP contribution is -2.39. The Kier molecular flexibility index (Phi) is 5.51. The third kappa shape index (κ3) is 4.41. The topological polar surface area (TPSA) is 89.2 Å². The van der Waals surface area contributed by atoms with Crippen molar-refractivity contribution in [3.05, 3.63) is 52.5 Å². The first-order valence-corrected chi connectivity index (χ1v) is 10.3. The minimum absolute atomic E-state index is 0.0363. The minimum atomic E-state index is -0.283. The van der Waals surface area contributed by atoms with E-state index in [4.69, 9.17) is 0 Å². The van der Waals surface area contributed by atoms with Crippen LogP contribution in [-0.4, -0.2) is 43.9 Å². The van der Waals surface area contributed by atoms with Crippen LogP contribution in [0.4, 0.5) is 0 Å². The monoisotopic (exact) mass is 397 g/mol. The molecule has 4 rings (SSSR count). The van der Waals surface area contributed by atoms with Crippen LogP contribution in [-0.2, 0) is 18.4 Å². The molecule has 3 heterocycles. The molecule has 1 N–H and O–H groups in total. The number of imidazole rings is 1. The molecule has 1 saturated carbocycles. The molecule has 1 saturated heterocycles. The number of carbonyl (C=O) groups excluding carboxylic acids is 2. The summed E-state index contributed by atoms with van der Waals surface area (Å²) in [6.07, 6.45) is 10.3. The van der Waals surface area contributed by atoms with Crippen LogP contribution in [0.5, 0.6) is 0 Å². The van der Waals surface area contributed by atoms with Gasteiger partial charge >= 0.3 is 0 Å². The first-order valence-electron chi connectivity index (χ1n) is 10.3. The Morgan fingerprint density at radius 3 is 2.62 bits per heavy atom. The van der Waals surface area contributed by atoms with E-state index in [-0.39, 0.29) is 30.0 Å². The third-order valence-electron chi connectivity index (χ3n) is 5.78. The number of piperidine rings is 1. The van der Waals surface area contributed by atoms with Crippen LogP contribution in [0, 0.1) is 5.92 Å². The van der Waals surface area contributed by atoms with Gasteiger partial charge in [-0.2, -0.15) is 0 Å². The van der Waals surface area contributed by atoms with E-state index in [1.54, 1.807) is 11.1 Å². The maximum Gasteiger partial charge on any atom is 0.253 e. The average Bonchev–Trinajstić information content (AvgIpc) is 3.49. The number of nitrogens with zero attached hydrogens (tertiary/aromatic N) is 4. The highest BCUT2D eigenvalue weighted by Crippen LogP contribution is 2.40. The van der Waals surface area contributed by atoms with Gasteiger partial charge in [-0.3, -0.25) is 14.4 Å². The van der Waals surface area contributed by atoms with Gasteiger partial charge < -0.3 is 19.4 Å². The number of aryl methyl sites for hydroxylation is 1. The molecule has 1 aliphatic carbocycles. The van der Waals surface area contributed by atoms with Crippen LogP contribution in [0.2, 0.25) is 0 Å². The van der Waals surface area contributed by atoms with Gasteiger partial charge in [0, 0.05) is 44.8 Å². The lowest BCUT2D eigenvalue weighted by atomic mass is 10.1. The van der Waals surface area contributed by atoms with Crippen LogP contribution in [0.25, 0.3) is 0 Å². The Morgan fingerprint density at radius 1 is 1.21 bits per heavy atom. The predicted molar refractivity (Wildman–Crippen MR) is 107 cm³/mol. The van der Waals surface area contributed by atoms with Crippen molar-refractivity contribution in [2.24, 2.45) is 13.0 Å². The summed E-state index contributed by atoms with van der Waals surface area (Å²) in [5, 5.41) is 3.07. The van der Waals surface area contributed by atoms with Gasteiger partial charge in [-0.25, -0.2) is 4.98 Å². The predicted octanol–water partition coefficient (Wildman–Crippen LogP) is 1.48. The Hall–Kier alpha value is -2.90. The molecule has 0 spiro atoms. The number of amides is 2. The van der Waals surface area contributed by atoms with E-state index in [0.29, 0.717) is 11.5 Å². The standard InChI is InChI=1S/C21H27N5O3/c1-24-12-9-22-20(24)19(15-5-6-15)23-21(29)16-7-8-17(27)26(13-16)14-18(28)25-10-3-2-4-11-25/h7-9,12-13,15,19H,2-6,10-11,14H2,1H3,(H,23,29)/t19-/m1/s1. The van der Waals surface area contributed by atoms with Crippen molar-refractivity contribution in [3.63, 3.8) is 0 Å². The zero-order chi connectivity index (χ0) is 20.4. The average molecular weight is 397 g/mol. The molecule has 0 unspecified atom stereocenters. The number of aromatic nitrogens is 3. The maximum absolute atomic E-state index is 12.9. The SMILES string of the molecule is Cn1ccnc1[C@H](NC(=O)c1ccc(=O)n(CC(=O)N2CCCCC2)c1)C1CC1. The van der Waals surface area contributed by atoms with Gasteiger partial charge in [0.25, 0.3) is 11.5 Å². The van der Waals surface area contributed by atoms with Crippen LogP contribution in [0.1, 0.15) is 54.3 Å². The van der Waals surface area contributed by atoms with Gasteiger partial charge in [0.2, 0.25) is 5.91 Å². The number of hydrogen-bond donors (Lipinski definition) is 1. The first kappa shape index (κ1) is 19.4. The summed E-state index contributed by atoms with van der Waals surface area (Å²) in [6.45, 7) is 1.44. The second kappa shape index (κ2) is 8.23. The minimum Gasteiger partial charge on any atom is -0.342 e. The van der Waals surface area contributed by atoms with Gasteiger partial charge in [0.15, 0.2) is 0 Å². The molecule has 8 nitrogen and oxygen atoms in total. The van der Waals surface area contributed by atoms with Crippen molar-refractivity contribution in [3.8, 4) is 0 Å². The van der Waals surface area contributed by atoms with Crippen molar-refractivity contribution in [1.82, 2.24) is 24.3 Å². The molecule has 2 amide bonds. The van der Waals surface area contributed by atoms with Gasteiger partial charge in [0.05, 0.1) is 11.6 Å². The van der Waals surface area contributed by atoms with Crippen LogP contribution < -0.4 is 10.9 Å². The van der Waals surface area contributed by atoms with E-state index in [1.165, 1.54) is 22.9 Å². The zero-order valence-corrected chi connectivity index (χ0v) is 16.7. The van der Waals surface area contributed by atoms with Crippen molar-refractivity contribution >= 4 is 11.8 Å². The van der Waals surface area contributed by atoms with Gasteiger partial charge in [0.1, 0.15) is 12.4 Å². The fraction of sp³-hybridized carbons (Fsp3) is 0.524. The molecule has 2 aliphatic rings. The maximum atomic E-state index is 12.9. The highest BCUT2D eigenvalue weighted by atomic mass is 16.2. The molecular formula is C21H27N5O3. The molecule has 0 bridgehead atoms. The van der Waals surface area contributed by atoms with E-state index in [1.807, 2.05) is 17.8 Å². The molecular weight excluding hydrogens is 370 g/mol. The quantitative estimate of drug-likeness (QED) is 0.800. The summed E-state index contributed by atoms with van der Waals surface area (Å²) in [4.78, 5) is 43.8. The molecule has 2 fully saturated rings. The van der Waals surface area contributed by atoms with E-state index in [9.17, 15) is 14.4 Å². The highest BCUT2D eigenvalue weighted by molar-refractivity contribution is 5.94. The summed E-state index contributed by atoms with van der Waals surface area (Å²) < 4.78 is 3.25. The molecule has 2 aromatic heterocycles. The summed E-state index contributed by atoms with van der Waals surface area (Å²) >= 11 is 0. The fourth-order valence-corrected chi connectivity index (χ4v) is 3.90. The van der Waals surface area contributed by atoms with Crippen LogP contribution in [0.15, 0.2) is 35.5 Å². The summed E-state index contributed by atoms with van der Waals surface area (Å²) in [6, 6.07) is 2.71. The Balaban J connectivity index is 1.48. The van der Waals surface area contributed by atoms with E-state index >= 15 is 0 Å². The number of carbonyl (C=O) groups is 2. The van der Waals surface area contributed by atoms with Gasteiger partial charge in [-0.1, -0.05) is 0 Å². The van der Waals surface area contributed by atoms with Crippen molar-refractivity contribution < 1.29 is 9.59 Å². The normalized spacial score (nSPS) is 17.8. The van der Waals surface area contributed by atoms with E-state index < -0.39 is 0 Å². The molecule has 0 aromatic carbocycles. The smallest absolute Gasteiger partial charge is 0.253 e. The third-order valence-corrected chi connectivity index (χ3v) is 5.78. The van der Waals surface area contributed by atoms with E-state index in [2.05, 4.69) is 10.3 Å². The number of pyridine rings is 1. The first-order chi connectivity index (χ1) is 14.0. The molecule has 8 heteroatoms. The molecule has 2 aromatic rings. The number of hydrogen-bond acceptors (Lipinski definition) is 4. The van der Waals surface area contributed by atoms with Gasteiger partial charge in [-0.15, -0.1) is 0 Å². The molecule has 1 atom stereocenters. The summed E-state index contributed by atoms with van der Waals surface area (Å²) in [7, 11) is 1.91. The lowest BCUT2D eigenvalue weighted by molar-refractivity contribution is -0.132. The fourth-order valence-electron chi connectivity index (χ4n) is 3.90. The second-order valence-corrected chi connectivity index (χ2v) is 8.01. The lowest BCUT2D eigenvalue weighted by Gasteiger charge is -2.27. The molecule has 0 radical (unpaired) electrons. The molecule has 29 heavy (non-hydrogen) atoms. The van der Waals surface area contributed by atoms with Gasteiger partial charge in [-0.05, 0) is 44.1 Å². The number of likely N-dealkylation sites (tertiary alicyclic amines) is 1. The number of nitrogens with one attached hydrogen (secondary N) is 1. The Labute approximate surface area is 169 Å². The van der Waals surface area contributed by atoms with Crippen LogP contribution in [0.3, 0.4) is 0 Å². The molecule has 1 aliphatic heterocycles. The number of rotatable bonds is 6. The summed E-state index contributed by atoms with van der Waals surface area (Å²) in [5.74, 6) is 0.873. The molecule has 154 valence electrons. The Morgan fingerprint density at radius 2 is 1.97 bits per heavy atom. The largest absolute Gasteiger partial charge is 0.342 e. The highest BCUT2D eigenvalue weighted by Gasteiger charge is 2.36. The Bertz CT molecular complexity index is 953. The zero-order valence-electron chi connectivity index (χ0n) is 16.7.